The highest BCUT2D eigenvalue weighted by molar-refractivity contribution is 9.10. The number of guanidine groups is 1. The van der Waals surface area contributed by atoms with Crippen molar-refractivity contribution in [2.45, 2.75) is 51.5 Å². The summed E-state index contributed by atoms with van der Waals surface area (Å²) in [4.78, 5) is 22.8. The Morgan fingerprint density at radius 3 is 2.44 bits per heavy atom. The first-order valence-corrected chi connectivity index (χ1v) is 12.6. The second kappa shape index (κ2) is 11.1. The molecule has 2 aromatic carbocycles. The van der Waals surface area contributed by atoms with Crippen LogP contribution in [0, 0.1) is 0 Å². The molecule has 0 aromatic heterocycles. The van der Waals surface area contributed by atoms with Crippen LogP contribution < -0.4 is 5.32 Å². The van der Waals surface area contributed by atoms with Gasteiger partial charge in [0.15, 0.2) is 0 Å². The maximum absolute atomic E-state index is 13.0. The number of nitrogens with zero attached hydrogens (tertiary/aromatic N) is 3. The summed E-state index contributed by atoms with van der Waals surface area (Å²) in [5.74, 6) is 0.520. The lowest BCUT2D eigenvalue weighted by atomic mass is 9.94. The maximum Gasteiger partial charge on any atom is 0.257 e. The molecule has 170 valence electrons. The quantitative estimate of drug-likeness (QED) is 0.456. The molecule has 0 spiro atoms. The topological polar surface area (TPSA) is 47.9 Å². The predicted molar refractivity (Wildman–Crippen MR) is 135 cm³/mol. The zero-order valence-corrected chi connectivity index (χ0v) is 20.5. The highest BCUT2D eigenvalue weighted by Gasteiger charge is 2.27. The number of carbonyl (C=O) groups excluding carboxylic acids is 1. The van der Waals surface area contributed by atoms with Crippen molar-refractivity contribution in [1.82, 2.24) is 15.1 Å². The maximum atomic E-state index is 13.0. The van der Waals surface area contributed by atoms with Gasteiger partial charge in [-0.1, -0.05) is 54.2 Å². The number of rotatable bonds is 4. The zero-order valence-electron chi connectivity index (χ0n) is 18.9. The van der Waals surface area contributed by atoms with Crippen LogP contribution >= 0.6 is 15.9 Å². The largest absolute Gasteiger partial charge is 0.340 e. The number of amides is 1. The van der Waals surface area contributed by atoms with Crippen molar-refractivity contribution in [1.29, 1.82) is 0 Å². The third-order valence-corrected chi connectivity index (χ3v) is 7.12. The van der Waals surface area contributed by atoms with Gasteiger partial charge in [0.25, 0.3) is 5.91 Å². The van der Waals surface area contributed by atoms with Crippen molar-refractivity contribution >= 4 is 33.5 Å². The Hall–Kier alpha value is -2.18. The monoisotopic (exact) mass is 496 g/mol. The number of hydrogen-bond acceptors (Lipinski definition) is 3. The molecule has 2 aliphatic rings. The van der Waals surface area contributed by atoms with Crippen molar-refractivity contribution < 1.29 is 4.79 Å². The normalized spacial score (nSPS) is 18.6. The molecule has 0 unspecified atom stereocenters. The van der Waals surface area contributed by atoms with E-state index in [1.807, 2.05) is 36.4 Å². The molecule has 1 heterocycles. The third-order valence-electron chi connectivity index (χ3n) is 6.59. The van der Waals surface area contributed by atoms with Crippen molar-refractivity contribution in [3.8, 4) is 0 Å². The number of nitrogens with one attached hydrogen (secondary N) is 1. The number of hydrogen-bond donors (Lipinski definition) is 1. The van der Waals surface area contributed by atoms with Crippen molar-refractivity contribution in [3.63, 3.8) is 0 Å². The van der Waals surface area contributed by atoms with Gasteiger partial charge in [-0.3, -0.25) is 15.0 Å². The first kappa shape index (κ1) is 23.0. The molecule has 2 aromatic rings. The number of carbonyl (C=O) groups is 1. The van der Waals surface area contributed by atoms with Crippen LogP contribution in [-0.4, -0.2) is 53.9 Å². The minimum absolute atomic E-state index is 0.127. The molecule has 0 bridgehead atoms. The summed E-state index contributed by atoms with van der Waals surface area (Å²) >= 11 is 3.44. The first-order chi connectivity index (χ1) is 15.6. The number of aliphatic imine (C=N–C) groups is 1. The van der Waals surface area contributed by atoms with Gasteiger partial charge in [0.2, 0.25) is 5.96 Å². The lowest BCUT2D eigenvalue weighted by Gasteiger charge is -2.41. The molecule has 6 heteroatoms. The molecule has 1 amide bonds. The van der Waals surface area contributed by atoms with Crippen molar-refractivity contribution in [2.24, 2.45) is 4.99 Å². The predicted octanol–water partition coefficient (Wildman–Crippen LogP) is 5.38. The van der Waals surface area contributed by atoms with Gasteiger partial charge in [-0.05, 0) is 61.2 Å². The van der Waals surface area contributed by atoms with Gasteiger partial charge in [0, 0.05) is 42.3 Å². The van der Waals surface area contributed by atoms with E-state index in [-0.39, 0.29) is 5.91 Å². The molecule has 0 atom stereocenters. The standard InChI is InChI=1S/C26H33BrN4O/c1-2-20-7-6-8-23(19-20)28-26(29-25(32)21-11-13-22(27)14-12-21)31-17-15-30(16-18-31)24-9-4-3-5-10-24/h6-8,11-14,19,24H,2-5,9-10,15-18H2,1H3,(H,28,29,32). The van der Waals surface area contributed by atoms with Crippen LogP contribution in [0.1, 0.15) is 54.9 Å². The van der Waals surface area contributed by atoms with Gasteiger partial charge >= 0.3 is 0 Å². The SMILES string of the molecule is CCc1cccc(N=C(NC(=O)c2ccc(Br)cc2)N2CCN(C3CCCCC3)CC2)c1. The van der Waals surface area contributed by atoms with Gasteiger partial charge in [-0.15, -0.1) is 0 Å². The Labute approximate surface area is 200 Å². The van der Waals surface area contributed by atoms with E-state index >= 15 is 0 Å². The molecule has 5 nitrogen and oxygen atoms in total. The van der Waals surface area contributed by atoms with Crippen LogP contribution in [-0.2, 0) is 6.42 Å². The van der Waals surface area contributed by atoms with E-state index in [1.165, 1.54) is 37.7 Å². The molecule has 1 aliphatic heterocycles. The Kier molecular flexibility index (Phi) is 7.98. The molecule has 32 heavy (non-hydrogen) atoms. The van der Waals surface area contributed by atoms with Gasteiger partial charge < -0.3 is 4.90 Å². The Bertz CT molecular complexity index is 929. The summed E-state index contributed by atoms with van der Waals surface area (Å²) in [6.07, 6.45) is 7.70. The summed E-state index contributed by atoms with van der Waals surface area (Å²) in [5.41, 5.74) is 2.75. The molecule has 0 radical (unpaired) electrons. The summed E-state index contributed by atoms with van der Waals surface area (Å²) in [6.45, 7) is 5.94. The van der Waals surface area contributed by atoms with Gasteiger partial charge in [-0.2, -0.15) is 0 Å². The van der Waals surface area contributed by atoms with Gasteiger partial charge in [-0.25, -0.2) is 4.99 Å². The molecule has 4 rings (SSSR count). The van der Waals surface area contributed by atoms with E-state index in [1.54, 1.807) is 0 Å². The minimum atomic E-state index is -0.127. The summed E-state index contributed by atoms with van der Waals surface area (Å²) < 4.78 is 0.957. The molecule has 1 N–H and O–H groups in total. The van der Waals surface area contributed by atoms with Crippen LogP contribution in [0.5, 0.6) is 0 Å². The molecular weight excluding hydrogens is 464 g/mol. The number of aryl methyl sites for hydroxylation is 1. The van der Waals surface area contributed by atoms with Gasteiger partial charge in [0.05, 0.1) is 5.69 Å². The Morgan fingerprint density at radius 1 is 1.03 bits per heavy atom. The van der Waals surface area contributed by atoms with Crippen LogP contribution in [0.15, 0.2) is 58.0 Å². The van der Waals surface area contributed by atoms with Crippen LogP contribution in [0.2, 0.25) is 0 Å². The van der Waals surface area contributed by atoms with E-state index in [2.05, 4.69) is 50.1 Å². The summed E-state index contributed by atoms with van der Waals surface area (Å²) in [5, 5.41) is 3.11. The zero-order chi connectivity index (χ0) is 22.3. The second-order valence-electron chi connectivity index (χ2n) is 8.73. The highest BCUT2D eigenvalue weighted by Crippen LogP contribution is 2.24. The van der Waals surface area contributed by atoms with E-state index in [0.717, 1.165) is 48.8 Å². The average Bonchev–Trinajstić information content (AvgIpc) is 2.85. The minimum Gasteiger partial charge on any atom is -0.340 e. The third kappa shape index (κ3) is 5.99. The molecular formula is C26H33BrN4O. The summed E-state index contributed by atoms with van der Waals surface area (Å²) in [6, 6.07) is 16.4. The van der Waals surface area contributed by atoms with E-state index < -0.39 is 0 Å². The fourth-order valence-electron chi connectivity index (χ4n) is 4.67. The van der Waals surface area contributed by atoms with Gasteiger partial charge in [0.1, 0.15) is 0 Å². The highest BCUT2D eigenvalue weighted by atomic mass is 79.9. The fraction of sp³-hybridized carbons (Fsp3) is 0.462. The number of halogens is 1. The van der Waals surface area contributed by atoms with E-state index in [9.17, 15) is 4.79 Å². The number of piperazine rings is 1. The van der Waals surface area contributed by atoms with E-state index in [4.69, 9.17) is 4.99 Å². The van der Waals surface area contributed by atoms with Crippen molar-refractivity contribution in [2.75, 3.05) is 26.2 Å². The lowest BCUT2D eigenvalue weighted by Crippen LogP contribution is -2.55. The first-order valence-electron chi connectivity index (χ1n) is 11.9. The smallest absolute Gasteiger partial charge is 0.257 e. The van der Waals surface area contributed by atoms with Crippen LogP contribution in [0.4, 0.5) is 5.69 Å². The molecule has 1 aliphatic carbocycles. The van der Waals surface area contributed by atoms with Crippen molar-refractivity contribution in [3.05, 3.63) is 64.1 Å². The lowest BCUT2D eigenvalue weighted by molar-refractivity contribution is 0.0943. The molecule has 2 fully saturated rings. The Balaban J connectivity index is 1.51. The summed E-state index contributed by atoms with van der Waals surface area (Å²) in [7, 11) is 0. The van der Waals surface area contributed by atoms with Crippen LogP contribution in [0.25, 0.3) is 0 Å². The molecule has 1 saturated carbocycles. The van der Waals surface area contributed by atoms with E-state index in [0.29, 0.717) is 11.5 Å². The number of benzene rings is 2. The van der Waals surface area contributed by atoms with Crippen LogP contribution in [0.3, 0.4) is 0 Å². The Morgan fingerprint density at radius 2 is 1.75 bits per heavy atom. The fourth-order valence-corrected chi connectivity index (χ4v) is 4.93. The second-order valence-corrected chi connectivity index (χ2v) is 9.65. The average molecular weight is 497 g/mol. The molecule has 1 saturated heterocycles.